The summed E-state index contributed by atoms with van der Waals surface area (Å²) >= 11 is 13.6. The van der Waals surface area contributed by atoms with Crippen LogP contribution in [0.25, 0.3) is 17.3 Å². The van der Waals surface area contributed by atoms with Crippen molar-refractivity contribution in [3.8, 4) is 11.3 Å². The monoisotopic (exact) mass is 596 g/mol. The first-order valence-corrected chi connectivity index (χ1v) is 13.4. The number of aromatic nitrogens is 1. The van der Waals surface area contributed by atoms with Crippen molar-refractivity contribution in [2.24, 2.45) is 0 Å². The van der Waals surface area contributed by atoms with E-state index >= 15 is 4.39 Å². The number of thiazole rings is 1. The minimum absolute atomic E-state index is 0.0497. The van der Waals surface area contributed by atoms with Crippen molar-refractivity contribution < 1.29 is 33.3 Å². The third-order valence-electron chi connectivity index (χ3n) is 5.54. The number of ether oxygens (including phenoxy) is 3. The van der Waals surface area contributed by atoms with Crippen molar-refractivity contribution in [3.05, 3.63) is 74.0 Å². The molecule has 1 aromatic heterocycles. The maximum atomic E-state index is 15.5. The molecule has 1 atom stereocenters. The molecule has 8 nitrogen and oxygen atoms in total. The van der Waals surface area contributed by atoms with Gasteiger partial charge in [0.1, 0.15) is 5.82 Å². The maximum Gasteiger partial charge on any atom is 0.371 e. The van der Waals surface area contributed by atoms with Gasteiger partial charge in [-0.25, -0.2) is 14.2 Å². The average molecular weight is 597 g/mol. The molecule has 208 valence electrons. The summed E-state index contributed by atoms with van der Waals surface area (Å²) in [6.45, 7) is 4.28. The number of nitrogens with zero attached hydrogens (tertiary/aromatic N) is 1. The number of halogens is 3. The van der Waals surface area contributed by atoms with Crippen LogP contribution in [-0.4, -0.2) is 48.9 Å². The molecule has 0 aliphatic heterocycles. The molecule has 0 radical (unpaired) electrons. The number of carbonyl (C=O) groups excluding carboxylic acids is 1. The number of hydrogen-bond acceptors (Lipinski definition) is 7. The van der Waals surface area contributed by atoms with Gasteiger partial charge in [-0.05, 0) is 38.1 Å². The summed E-state index contributed by atoms with van der Waals surface area (Å²) in [5, 5.41) is 13.8. The smallest absolute Gasteiger partial charge is 0.371 e. The first-order valence-electron chi connectivity index (χ1n) is 11.7. The number of benzene rings is 2. The molecule has 39 heavy (non-hydrogen) atoms. The van der Waals surface area contributed by atoms with E-state index in [1.807, 2.05) is 13.8 Å². The van der Waals surface area contributed by atoms with Crippen molar-refractivity contribution in [2.75, 3.05) is 26.1 Å². The Bertz CT molecular complexity index is 1360. The maximum absolute atomic E-state index is 15.5. The van der Waals surface area contributed by atoms with Gasteiger partial charge >= 0.3 is 5.97 Å². The molecule has 0 bridgehead atoms. The quantitative estimate of drug-likeness (QED) is 0.170. The first-order chi connectivity index (χ1) is 18.5. The molecule has 1 amide bonds. The largest absolute Gasteiger partial charge is 0.490 e. The zero-order valence-corrected chi connectivity index (χ0v) is 23.9. The molecule has 0 fully saturated rings. The van der Waals surface area contributed by atoms with Crippen LogP contribution >= 0.6 is 34.5 Å². The van der Waals surface area contributed by atoms with Crippen LogP contribution in [0.2, 0.25) is 10.0 Å². The molecule has 0 aliphatic rings. The highest BCUT2D eigenvalue weighted by atomic mass is 35.5. The molecular formula is C27H27Cl2FN2O6S. The van der Waals surface area contributed by atoms with Crippen LogP contribution in [0, 0.1) is 5.82 Å². The number of amides is 1. The number of carboxylic acid groups (broad SMARTS) is 1. The van der Waals surface area contributed by atoms with Gasteiger partial charge in [-0.2, -0.15) is 0 Å². The molecule has 3 rings (SSSR count). The SMILES string of the molecule is COC(=Cc1c(Cl)cc(C(=O)Nc2nc(-c3cccc(C(CCOC(C)C)OC)c3F)cs2)cc1Cl)C(=O)O. The lowest BCUT2D eigenvalue weighted by Gasteiger charge is -2.18. The van der Waals surface area contributed by atoms with E-state index in [2.05, 4.69) is 10.3 Å². The molecule has 1 heterocycles. The summed E-state index contributed by atoms with van der Waals surface area (Å²) in [7, 11) is 2.72. The fourth-order valence-corrected chi connectivity index (χ4v) is 4.93. The summed E-state index contributed by atoms with van der Waals surface area (Å²) in [6, 6.07) is 7.68. The number of carbonyl (C=O) groups is 2. The van der Waals surface area contributed by atoms with Crippen LogP contribution in [0.3, 0.4) is 0 Å². The Morgan fingerprint density at radius 2 is 1.90 bits per heavy atom. The van der Waals surface area contributed by atoms with Gasteiger partial charge in [0.15, 0.2) is 5.13 Å². The predicted octanol–water partition coefficient (Wildman–Crippen LogP) is 7.08. The van der Waals surface area contributed by atoms with Gasteiger partial charge in [0.25, 0.3) is 5.91 Å². The second kappa shape index (κ2) is 13.9. The molecular weight excluding hydrogens is 570 g/mol. The van der Waals surface area contributed by atoms with E-state index in [0.717, 1.165) is 17.4 Å². The molecule has 0 aliphatic carbocycles. The summed E-state index contributed by atoms with van der Waals surface area (Å²) in [4.78, 5) is 28.4. The van der Waals surface area contributed by atoms with Gasteiger partial charge in [0.2, 0.25) is 5.76 Å². The molecule has 3 aromatic rings. The third kappa shape index (κ3) is 7.77. The number of nitrogens with one attached hydrogen (secondary N) is 1. The van der Waals surface area contributed by atoms with Gasteiger partial charge in [0, 0.05) is 47.8 Å². The average Bonchev–Trinajstić information content (AvgIpc) is 3.34. The van der Waals surface area contributed by atoms with Gasteiger partial charge in [-0.3, -0.25) is 10.1 Å². The summed E-state index contributed by atoms with van der Waals surface area (Å²) in [5.74, 6) is -2.69. The number of rotatable bonds is 12. The second-order valence-electron chi connectivity index (χ2n) is 8.50. The Morgan fingerprint density at radius 3 is 2.49 bits per heavy atom. The van der Waals surface area contributed by atoms with Gasteiger partial charge < -0.3 is 19.3 Å². The summed E-state index contributed by atoms with van der Waals surface area (Å²) in [6.07, 6.45) is 1.21. The van der Waals surface area contributed by atoms with Crippen molar-refractivity contribution in [2.45, 2.75) is 32.5 Å². The van der Waals surface area contributed by atoms with Crippen LogP contribution < -0.4 is 5.32 Å². The van der Waals surface area contributed by atoms with Crippen LogP contribution in [-0.2, 0) is 19.0 Å². The van der Waals surface area contributed by atoms with E-state index in [1.54, 1.807) is 23.6 Å². The number of aliphatic carboxylic acids is 1. The van der Waals surface area contributed by atoms with E-state index in [-0.39, 0.29) is 43.7 Å². The second-order valence-corrected chi connectivity index (χ2v) is 10.2. The minimum Gasteiger partial charge on any atom is -0.490 e. The minimum atomic E-state index is -1.30. The van der Waals surface area contributed by atoms with Gasteiger partial charge in [-0.1, -0.05) is 35.3 Å². The van der Waals surface area contributed by atoms with E-state index in [0.29, 0.717) is 24.3 Å². The van der Waals surface area contributed by atoms with Gasteiger partial charge in [0.05, 0.1) is 35.1 Å². The van der Waals surface area contributed by atoms with Crippen LogP contribution in [0.1, 0.15) is 47.9 Å². The lowest BCUT2D eigenvalue weighted by molar-refractivity contribution is -0.135. The Morgan fingerprint density at radius 1 is 1.21 bits per heavy atom. The lowest BCUT2D eigenvalue weighted by atomic mass is 10.0. The molecule has 12 heteroatoms. The third-order valence-corrected chi connectivity index (χ3v) is 6.92. The highest BCUT2D eigenvalue weighted by Crippen LogP contribution is 2.33. The van der Waals surface area contributed by atoms with Crippen LogP contribution in [0.4, 0.5) is 9.52 Å². The topological polar surface area (TPSA) is 107 Å². The zero-order chi connectivity index (χ0) is 28.7. The number of methoxy groups -OCH3 is 2. The molecule has 0 saturated carbocycles. The van der Waals surface area contributed by atoms with Crippen LogP contribution in [0.15, 0.2) is 41.5 Å². The molecule has 2 aromatic carbocycles. The van der Waals surface area contributed by atoms with Crippen molar-refractivity contribution in [3.63, 3.8) is 0 Å². The van der Waals surface area contributed by atoms with Crippen molar-refractivity contribution in [1.82, 2.24) is 4.98 Å². The number of anilines is 1. The van der Waals surface area contributed by atoms with E-state index in [4.69, 9.17) is 42.5 Å². The van der Waals surface area contributed by atoms with E-state index in [1.165, 1.54) is 26.4 Å². The normalized spacial score (nSPS) is 12.5. The number of carboxylic acids is 1. The predicted molar refractivity (Wildman–Crippen MR) is 150 cm³/mol. The van der Waals surface area contributed by atoms with Crippen molar-refractivity contribution in [1.29, 1.82) is 0 Å². The van der Waals surface area contributed by atoms with E-state index < -0.39 is 23.8 Å². The van der Waals surface area contributed by atoms with Gasteiger partial charge in [-0.15, -0.1) is 11.3 Å². The molecule has 0 spiro atoms. The summed E-state index contributed by atoms with van der Waals surface area (Å²) in [5.41, 5.74) is 1.31. The molecule has 1 unspecified atom stereocenters. The Kier molecular flexibility index (Phi) is 10.8. The summed E-state index contributed by atoms with van der Waals surface area (Å²) < 4.78 is 31.4. The first kappa shape index (κ1) is 30.5. The Hall–Kier alpha value is -3.02. The van der Waals surface area contributed by atoms with E-state index in [9.17, 15) is 9.59 Å². The zero-order valence-electron chi connectivity index (χ0n) is 21.6. The van der Waals surface area contributed by atoms with Crippen LogP contribution in [0.5, 0.6) is 0 Å². The standard InChI is InChI=1S/C27H27Cl2FN2O6S/c1-14(2)38-9-8-22(36-3)17-7-5-6-16(24(17)30)21-13-39-27(31-21)32-25(33)15-10-19(28)18(20(29)11-15)12-23(37-4)26(34)35/h5-7,10-14,22H,8-9H2,1-4H3,(H,34,35)(H,31,32,33). The lowest BCUT2D eigenvalue weighted by Crippen LogP contribution is -2.12. The van der Waals surface area contributed by atoms with Crippen molar-refractivity contribution >= 4 is 57.6 Å². The fraction of sp³-hybridized carbons (Fsp3) is 0.296. The fourth-order valence-electron chi connectivity index (χ4n) is 3.62. The molecule has 0 saturated heterocycles. The Balaban J connectivity index is 1.80. The highest BCUT2D eigenvalue weighted by molar-refractivity contribution is 7.14. The highest BCUT2D eigenvalue weighted by Gasteiger charge is 2.21. The number of hydrogen-bond donors (Lipinski definition) is 2. The molecule has 2 N–H and O–H groups in total. The Labute approximate surface area is 239 Å².